The first-order valence-corrected chi connectivity index (χ1v) is 6.33. The van der Waals surface area contributed by atoms with Crippen molar-refractivity contribution in [2.24, 2.45) is 0 Å². The zero-order valence-electron chi connectivity index (χ0n) is 10.4. The van der Waals surface area contributed by atoms with Gasteiger partial charge in [0.1, 0.15) is 0 Å². The highest BCUT2D eigenvalue weighted by molar-refractivity contribution is 5.82. The maximum Gasteiger partial charge on any atom is 0.237 e. The molecule has 4 nitrogen and oxygen atoms in total. The molecule has 2 rings (SSSR count). The molecule has 2 N–H and O–H groups in total. The van der Waals surface area contributed by atoms with Crippen molar-refractivity contribution < 1.29 is 4.79 Å². The smallest absolute Gasteiger partial charge is 0.237 e. The normalized spacial score (nSPS) is 27.8. The molecule has 0 bridgehead atoms. The summed E-state index contributed by atoms with van der Waals surface area (Å²) in [6.07, 6.45) is 5.81. The number of nitrogens with zero attached hydrogens (tertiary/aromatic N) is 1. The number of amides is 1. The van der Waals surface area contributed by atoms with E-state index in [4.69, 9.17) is 0 Å². The quantitative estimate of drug-likeness (QED) is 0.725. The van der Waals surface area contributed by atoms with Gasteiger partial charge < -0.3 is 15.5 Å². The highest BCUT2D eigenvalue weighted by Crippen LogP contribution is 2.35. The van der Waals surface area contributed by atoms with E-state index in [1.807, 2.05) is 0 Å². The molecule has 2 aliphatic rings. The summed E-state index contributed by atoms with van der Waals surface area (Å²) in [5.41, 5.74) is 0.230. The Morgan fingerprint density at radius 1 is 1.44 bits per heavy atom. The molecule has 1 aliphatic heterocycles. The molecule has 0 radical (unpaired) electrons. The molecule has 4 heteroatoms. The molecular weight excluding hydrogens is 202 g/mol. The van der Waals surface area contributed by atoms with Crippen molar-refractivity contribution in [1.82, 2.24) is 15.5 Å². The Bertz CT molecular complexity index is 255. The van der Waals surface area contributed by atoms with E-state index < -0.39 is 0 Å². The van der Waals surface area contributed by atoms with Gasteiger partial charge in [0.05, 0.1) is 6.04 Å². The van der Waals surface area contributed by atoms with E-state index in [2.05, 4.69) is 29.6 Å². The zero-order chi connectivity index (χ0) is 11.6. The molecule has 0 aromatic heterocycles. The lowest BCUT2D eigenvalue weighted by atomic mass is 9.75. The second-order valence-electron chi connectivity index (χ2n) is 5.34. The molecule has 1 saturated carbocycles. The molecule has 0 aromatic rings. The lowest BCUT2D eigenvalue weighted by molar-refractivity contribution is -0.123. The third-order valence-electron chi connectivity index (χ3n) is 4.20. The predicted octanol–water partition coefficient (Wildman–Crippen LogP) is 0.339. The van der Waals surface area contributed by atoms with E-state index in [-0.39, 0.29) is 17.5 Å². The molecule has 0 aromatic carbocycles. The molecular formula is C12H23N3O. The molecule has 1 saturated heterocycles. The number of hydrogen-bond acceptors (Lipinski definition) is 3. The van der Waals surface area contributed by atoms with E-state index in [1.54, 1.807) is 0 Å². The summed E-state index contributed by atoms with van der Waals surface area (Å²) in [6, 6.07) is 0.0549. The Kier molecular flexibility index (Phi) is 3.50. The fourth-order valence-electron chi connectivity index (χ4n) is 2.65. The van der Waals surface area contributed by atoms with E-state index in [0.29, 0.717) is 0 Å². The highest BCUT2D eigenvalue weighted by atomic mass is 16.2. The van der Waals surface area contributed by atoms with Gasteiger partial charge in [-0.2, -0.15) is 0 Å². The largest absolute Gasteiger partial charge is 0.353 e. The lowest BCUT2D eigenvalue weighted by Gasteiger charge is -2.47. The van der Waals surface area contributed by atoms with Crippen LogP contribution in [0.5, 0.6) is 0 Å². The average molecular weight is 225 g/mol. The lowest BCUT2D eigenvalue weighted by Crippen LogP contribution is -2.58. The standard InChI is InChI=1S/C12H23N3O/c1-15(2)12(6-4-7-12)9-14-11(16)10-5-3-8-13-10/h10,13H,3-9H2,1-2H3,(H,14,16). The van der Waals surface area contributed by atoms with Crippen LogP contribution >= 0.6 is 0 Å². The topological polar surface area (TPSA) is 44.4 Å². The minimum absolute atomic E-state index is 0.0549. The number of nitrogens with one attached hydrogen (secondary N) is 2. The number of carbonyl (C=O) groups is 1. The van der Waals surface area contributed by atoms with Crippen LogP contribution in [-0.4, -0.2) is 49.6 Å². The number of likely N-dealkylation sites (N-methyl/N-ethyl adjacent to an activating group) is 1. The van der Waals surface area contributed by atoms with Crippen LogP contribution in [0.3, 0.4) is 0 Å². The van der Waals surface area contributed by atoms with Crippen LogP contribution in [0.1, 0.15) is 32.1 Å². The van der Waals surface area contributed by atoms with E-state index in [1.165, 1.54) is 19.3 Å². The number of hydrogen-bond donors (Lipinski definition) is 2. The molecule has 92 valence electrons. The van der Waals surface area contributed by atoms with Gasteiger partial charge in [-0.05, 0) is 52.7 Å². The average Bonchev–Trinajstić information content (AvgIpc) is 2.67. The Morgan fingerprint density at radius 2 is 2.19 bits per heavy atom. The summed E-state index contributed by atoms with van der Waals surface area (Å²) in [6.45, 7) is 1.79. The molecule has 1 aliphatic carbocycles. The summed E-state index contributed by atoms with van der Waals surface area (Å²) in [5.74, 6) is 0.186. The van der Waals surface area contributed by atoms with Crippen LogP contribution < -0.4 is 10.6 Å². The Morgan fingerprint density at radius 3 is 2.62 bits per heavy atom. The molecule has 0 spiro atoms. The van der Waals surface area contributed by atoms with Gasteiger partial charge in [0.25, 0.3) is 0 Å². The maximum absolute atomic E-state index is 11.9. The fourth-order valence-corrected chi connectivity index (χ4v) is 2.65. The first kappa shape index (κ1) is 11.9. The third kappa shape index (κ3) is 2.23. The van der Waals surface area contributed by atoms with Gasteiger partial charge in [0.15, 0.2) is 0 Å². The second-order valence-corrected chi connectivity index (χ2v) is 5.34. The summed E-state index contributed by atoms with van der Waals surface area (Å²) in [5, 5.41) is 6.34. The number of rotatable bonds is 4. The van der Waals surface area contributed by atoms with Gasteiger partial charge in [-0.25, -0.2) is 0 Å². The maximum atomic E-state index is 11.9. The van der Waals surface area contributed by atoms with Crippen LogP contribution in [0.25, 0.3) is 0 Å². The molecule has 1 atom stereocenters. The van der Waals surface area contributed by atoms with Crippen LogP contribution in [0.4, 0.5) is 0 Å². The van der Waals surface area contributed by atoms with Crippen LogP contribution in [0.15, 0.2) is 0 Å². The molecule has 1 unspecified atom stereocenters. The van der Waals surface area contributed by atoms with Crippen LogP contribution in [0.2, 0.25) is 0 Å². The first-order chi connectivity index (χ1) is 7.64. The van der Waals surface area contributed by atoms with E-state index in [0.717, 1.165) is 25.9 Å². The van der Waals surface area contributed by atoms with Crippen molar-refractivity contribution in [1.29, 1.82) is 0 Å². The van der Waals surface area contributed by atoms with Gasteiger partial charge in [-0.3, -0.25) is 4.79 Å². The van der Waals surface area contributed by atoms with Crippen molar-refractivity contribution in [2.75, 3.05) is 27.2 Å². The molecule has 1 heterocycles. The summed E-state index contributed by atoms with van der Waals surface area (Å²) in [4.78, 5) is 14.1. The van der Waals surface area contributed by atoms with Gasteiger partial charge in [0.2, 0.25) is 5.91 Å². The summed E-state index contributed by atoms with van der Waals surface area (Å²) in [7, 11) is 4.22. The Labute approximate surface area is 97.8 Å². The Balaban J connectivity index is 1.79. The van der Waals surface area contributed by atoms with Gasteiger partial charge >= 0.3 is 0 Å². The molecule has 16 heavy (non-hydrogen) atoms. The monoisotopic (exact) mass is 225 g/mol. The van der Waals surface area contributed by atoms with E-state index >= 15 is 0 Å². The van der Waals surface area contributed by atoms with Gasteiger partial charge in [0, 0.05) is 12.1 Å². The summed E-state index contributed by atoms with van der Waals surface area (Å²) >= 11 is 0. The summed E-state index contributed by atoms with van der Waals surface area (Å²) < 4.78 is 0. The van der Waals surface area contributed by atoms with Gasteiger partial charge in [-0.1, -0.05) is 0 Å². The van der Waals surface area contributed by atoms with Crippen molar-refractivity contribution in [3.05, 3.63) is 0 Å². The van der Waals surface area contributed by atoms with Crippen molar-refractivity contribution >= 4 is 5.91 Å². The fraction of sp³-hybridized carbons (Fsp3) is 0.917. The molecule has 2 fully saturated rings. The Hall–Kier alpha value is -0.610. The number of carbonyl (C=O) groups excluding carboxylic acids is 1. The predicted molar refractivity (Wildman–Crippen MR) is 64.3 cm³/mol. The molecule has 1 amide bonds. The first-order valence-electron chi connectivity index (χ1n) is 6.33. The van der Waals surface area contributed by atoms with Crippen LogP contribution in [-0.2, 0) is 4.79 Å². The van der Waals surface area contributed by atoms with Crippen molar-refractivity contribution in [2.45, 2.75) is 43.7 Å². The van der Waals surface area contributed by atoms with Crippen LogP contribution in [0, 0.1) is 0 Å². The van der Waals surface area contributed by atoms with Gasteiger partial charge in [-0.15, -0.1) is 0 Å². The van der Waals surface area contributed by atoms with E-state index in [9.17, 15) is 4.79 Å². The SMILES string of the molecule is CN(C)C1(CNC(=O)C2CCCN2)CCC1. The zero-order valence-corrected chi connectivity index (χ0v) is 10.4. The third-order valence-corrected chi connectivity index (χ3v) is 4.20. The highest BCUT2D eigenvalue weighted by Gasteiger charge is 2.39. The minimum atomic E-state index is 0.0549. The second kappa shape index (κ2) is 4.72. The van der Waals surface area contributed by atoms with Crippen molar-refractivity contribution in [3.63, 3.8) is 0 Å². The van der Waals surface area contributed by atoms with Crippen molar-refractivity contribution in [3.8, 4) is 0 Å². The minimum Gasteiger partial charge on any atom is -0.353 e.